The zero-order valence-electron chi connectivity index (χ0n) is 12.2. The van der Waals surface area contributed by atoms with Crippen LogP contribution in [0.15, 0.2) is 29.2 Å². The number of hydrogen-bond donors (Lipinski definition) is 1. The highest BCUT2D eigenvalue weighted by Crippen LogP contribution is 2.28. The summed E-state index contributed by atoms with van der Waals surface area (Å²) in [5.74, 6) is 0.321. The van der Waals surface area contributed by atoms with Gasteiger partial charge in [0.2, 0.25) is 10.0 Å². The van der Waals surface area contributed by atoms with Crippen molar-refractivity contribution in [3.63, 3.8) is 0 Å². The molecular formula is C14H23NO4S. The van der Waals surface area contributed by atoms with E-state index in [4.69, 9.17) is 4.74 Å². The molecule has 0 heterocycles. The van der Waals surface area contributed by atoms with E-state index in [0.29, 0.717) is 18.6 Å². The maximum absolute atomic E-state index is 12.8. The van der Waals surface area contributed by atoms with Crippen LogP contribution in [0.2, 0.25) is 0 Å². The molecule has 0 amide bonds. The third-order valence-corrected chi connectivity index (χ3v) is 5.32. The maximum Gasteiger partial charge on any atom is 0.247 e. The van der Waals surface area contributed by atoms with Crippen molar-refractivity contribution in [3.8, 4) is 5.75 Å². The molecule has 0 aromatic heterocycles. The predicted molar refractivity (Wildman–Crippen MR) is 78.3 cm³/mol. The summed E-state index contributed by atoms with van der Waals surface area (Å²) in [6.07, 6.45) is 1.40. The summed E-state index contributed by atoms with van der Waals surface area (Å²) in [5, 5.41) is 9.18. The van der Waals surface area contributed by atoms with Gasteiger partial charge in [0.1, 0.15) is 10.6 Å². The molecule has 0 bridgehead atoms. The van der Waals surface area contributed by atoms with Gasteiger partial charge in [-0.1, -0.05) is 26.0 Å². The first-order valence-corrected chi connectivity index (χ1v) is 8.22. The number of para-hydroxylation sites is 1. The van der Waals surface area contributed by atoms with Crippen molar-refractivity contribution in [2.45, 2.75) is 37.6 Å². The lowest BCUT2D eigenvalue weighted by atomic mass is 10.2. The first-order chi connectivity index (χ1) is 9.52. The molecule has 0 saturated carbocycles. The average molecular weight is 301 g/mol. The van der Waals surface area contributed by atoms with E-state index in [1.807, 2.05) is 13.8 Å². The summed E-state index contributed by atoms with van der Waals surface area (Å²) in [7, 11) is -2.23. The second kappa shape index (κ2) is 7.61. The SMILES string of the molecule is CCC(CC)N(CCO)S(=O)(=O)c1ccccc1OC. The molecule has 1 aromatic carbocycles. The van der Waals surface area contributed by atoms with Gasteiger partial charge in [0.15, 0.2) is 0 Å². The standard InChI is InChI=1S/C14H23NO4S/c1-4-12(5-2)15(10-11-16)20(17,18)14-9-7-6-8-13(14)19-3/h6-9,12,16H,4-5,10-11H2,1-3H3. The molecule has 5 nitrogen and oxygen atoms in total. The minimum atomic E-state index is -3.68. The van der Waals surface area contributed by atoms with E-state index in [9.17, 15) is 13.5 Å². The van der Waals surface area contributed by atoms with Crippen molar-refractivity contribution in [1.29, 1.82) is 0 Å². The summed E-state index contributed by atoms with van der Waals surface area (Å²) in [6, 6.07) is 6.42. The molecule has 1 aromatic rings. The lowest BCUT2D eigenvalue weighted by molar-refractivity contribution is 0.219. The number of sulfonamides is 1. The molecule has 6 heteroatoms. The first-order valence-electron chi connectivity index (χ1n) is 6.78. The molecule has 114 valence electrons. The van der Waals surface area contributed by atoms with Crippen molar-refractivity contribution >= 4 is 10.0 Å². The quantitative estimate of drug-likeness (QED) is 0.796. The topological polar surface area (TPSA) is 66.8 Å². The van der Waals surface area contributed by atoms with E-state index < -0.39 is 10.0 Å². The number of nitrogens with zero attached hydrogens (tertiary/aromatic N) is 1. The van der Waals surface area contributed by atoms with Gasteiger partial charge in [0.25, 0.3) is 0 Å². The Morgan fingerprint density at radius 1 is 1.25 bits per heavy atom. The molecule has 0 saturated heterocycles. The van der Waals surface area contributed by atoms with Gasteiger partial charge < -0.3 is 9.84 Å². The maximum atomic E-state index is 12.8. The van der Waals surface area contributed by atoms with Crippen LogP contribution in [0.5, 0.6) is 5.75 Å². The Morgan fingerprint density at radius 3 is 2.35 bits per heavy atom. The van der Waals surface area contributed by atoms with Crippen molar-refractivity contribution in [2.75, 3.05) is 20.3 Å². The second-order valence-corrected chi connectivity index (χ2v) is 6.32. The molecular weight excluding hydrogens is 278 g/mol. The minimum absolute atomic E-state index is 0.0900. The fourth-order valence-corrected chi connectivity index (χ4v) is 4.17. The smallest absolute Gasteiger partial charge is 0.247 e. The van der Waals surface area contributed by atoms with Crippen molar-refractivity contribution in [1.82, 2.24) is 4.31 Å². The third kappa shape index (κ3) is 3.50. The van der Waals surface area contributed by atoms with Crippen molar-refractivity contribution < 1.29 is 18.3 Å². The van der Waals surface area contributed by atoms with E-state index in [-0.39, 0.29) is 24.1 Å². The summed E-state index contributed by atoms with van der Waals surface area (Å²) >= 11 is 0. The Morgan fingerprint density at radius 2 is 1.85 bits per heavy atom. The number of methoxy groups -OCH3 is 1. The molecule has 0 fully saturated rings. The Balaban J connectivity index is 3.29. The largest absolute Gasteiger partial charge is 0.495 e. The molecule has 0 spiro atoms. The molecule has 0 aliphatic heterocycles. The predicted octanol–water partition coefficient (Wildman–Crippen LogP) is 1.87. The van der Waals surface area contributed by atoms with Gasteiger partial charge in [0.05, 0.1) is 13.7 Å². The summed E-state index contributed by atoms with van der Waals surface area (Å²) < 4.78 is 32.1. The highest BCUT2D eigenvalue weighted by Gasteiger charge is 2.31. The van der Waals surface area contributed by atoms with Gasteiger partial charge in [-0.05, 0) is 25.0 Å². The number of rotatable bonds is 8. The third-order valence-electron chi connectivity index (χ3n) is 3.33. The summed E-state index contributed by atoms with van der Waals surface area (Å²) in [4.78, 5) is 0.142. The van der Waals surface area contributed by atoms with Gasteiger partial charge in [-0.15, -0.1) is 0 Å². The molecule has 0 aliphatic carbocycles. The Kier molecular flexibility index (Phi) is 6.45. The van der Waals surface area contributed by atoms with Gasteiger partial charge in [0, 0.05) is 12.6 Å². The Bertz CT molecular complexity index is 512. The van der Waals surface area contributed by atoms with Crippen LogP contribution in [0.25, 0.3) is 0 Å². The van der Waals surface area contributed by atoms with E-state index in [0.717, 1.165) is 0 Å². The van der Waals surface area contributed by atoms with Crippen LogP contribution in [-0.4, -0.2) is 44.1 Å². The highest BCUT2D eigenvalue weighted by molar-refractivity contribution is 7.89. The van der Waals surface area contributed by atoms with E-state index in [1.165, 1.54) is 17.5 Å². The number of hydrogen-bond acceptors (Lipinski definition) is 4. The van der Waals surface area contributed by atoms with Crippen LogP contribution >= 0.6 is 0 Å². The van der Waals surface area contributed by atoms with Crippen LogP contribution in [0.1, 0.15) is 26.7 Å². The van der Waals surface area contributed by atoms with Crippen molar-refractivity contribution in [2.24, 2.45) is 0 Å². The molecule has 1 rings (SSSR count). The average Bonchev–Trinajstić information content (AvgIpc) is 2.47. The zero-order chi connectivity index (χ0) is 15.2. The normalized spacial score (nSPS) is 12.1. The first kappa shape index (κ1) is 16.9. The molecule has 0 unspecified atom stereocenters. The van der Waals surface area contributed by atoms with Crippen LogP contribution in [0.3, 0.4) is 0 Å². The van der Waals surface area contributed by atoms with Gasteiger partial charge in [-0.2, -0.15) is 4.31 Å². The van der Waals surface area contributed by atoms with Gasteiger partial charge >= 0.3 is 0 Å². The Hall–Kier alpha value is -1.11. The lowest BCUT2D eigenvalue weighted by Gasteiger charge is -2.29. The monoisotopic (exact) mass is 301 g/mol. The minimum Gasteiger partial charge on any atom is -0.495 e. The fourth-order valence-electron chi connectivity index (χ4n) is 2.25. The van der Waals surface area contributed by atoms with Crippen molar-refractivity contribution in [3.05, 3.63) is 24.3 Å². The van der Waals surface area contributed by atoms with E-state index >= 15 is 0 Å². The Labute approximate surface area is 121 Å². The number of aliphatic hydroxyl groups excluding tert-OH is 1. The van der Waals surface area contributed by atoms with Crippen LogP contribution < -0.4 is 4.74 Å². The molecule has 0 aliphatic rings. The number of aliphatic hydroxyl groups is 1. The van der Waals surface area contributed by atoms with E-state index in [1.54, 1.807) is 18.2 Å². The van der Waals surface area contributed by atoms with Crippen LogP contribution in [-0.2, 0) is 10.0 Å². The fraction of sp³-hybridized carbons (Fsp3) is 0.571. The summed E-state index contributed by atoms with van der Waals surface area (Å²) in [5.41, 5.74) is 0. The number of ether oxygens (including phenoxy) is 1. The van der Waals surface area contributed by atoms with E-state index in [2.05, 4.69) is 0 Å². The molecule has 0 radical (unpaired) electrons. The highest BCUT2D eigenvalue weighted by atomic mass is 32.2. The van der Waals surface area contributed by atoms with Gasteiger partial charge in [-0.25, -0.2) is 8.42 Å². The molecule has 1 N–H and O–H groups in total. The molecule has 20 heavy (non-hydrogen) atoms. The molecule has 0 atom stereocenters. The van der Waals surface area contributed by atoms with Gasteiger partial charge in [-0.3, -0.25) is 0 Å². The summed E-state index contributed by atoms with van der Waals surface area (Å²) in [6.45, 7) is 3.77. The van der Waals surface area contributed by atoms with Crippen LogP contribution in [0.4, 0.5) is 0 Å². The second-order valence-electron chi connectivity index (χ2n) is 4.46. The van der Waals surface area contributed by atoms with Crippen LogP contribution in [0, 0.1) is 0 Å². The number of benzene rings is 1. The lowest BCUT2D eigenvalue weighted by Crippen LogP contribution is -2.41. The zero-order valence-corrected chi connectivity index (χ0v) is 13.1.